The zero-order valence-electron chi connectivity index (χ0n) is 16.0. The number of methoxy groups -OCH3 is 2. The number of ether oxygens (including phenoxy) is 2. The van der Waals surface area contributed by atoms with Crippen LogP contribution in [0, 0.1) is 0 Å². The first kappa shape index (κ1) is 21.1. The zero-order valence-corrected chi connectivity index (χ0v) is 17.6. The molecule has 0 spiro atoms. The van der Waals surface area contributed by atoms with Crippen molar-refractivity contribution in [1.82, 2.24) is 4.90 Å². The lowest BCUT2D eigenvalue weighted by atomic mass is 10.1. The van der Waals surface area contributed by atoms with Crippen molar-refractivity contribution in [1.29, 1.82) is 0 Å². The Morgan fingerprint density at radius 3 is 1.93 bits per heavy atom. The first-order chi connectivity index (χ1) is 13.1. The van der Waals surface area contributed by atoms with Crippen molar-refractivity contribution in [2.75, 3.05) is 43.8 Å². The van der Waals surface area contributed by atoms with Gasteiger partial charge in [0.15, 0.2) is 37.0 Å². The minimum atomic E-state index is -3.16. The molecule has 0 bridgehead atoms. The monoisotopic (exact) mass is 431 g/mol. The molecule has 0 N–H and O–H groups in total. The summed E-state index contributed by atoms with van der Waals surface area (Å²) in [7, 11) is -3.34. The second-order valence-electron chi connectivity index (χ2n) is 7.28. The second-order valence-corrected chi connectivity index (χ2v) is 11.7. The molecule has 8 nitrogen and oxygen atoms in total. The maximum atomic E-state index is 12.9. The van der Waals surface area contributed by atoms with Crippen LogP contribution in [0.1, 0.15) is 23.2 Å². The maximum Gasteiger partial charge on any atom is 0.176 e. The van der Waals surface area contributed by atoms with E-state index in [2.05, 4.69) is 0 Å². The molecule has 1 aromatic carbocycles. The number of hydrogen-bond donors (Lipinski definition) is 0. The Labute approximate surface area is 165 Å². The van der Waals surface area contributed by atoms with Gasteiger partial charge in [0.25, 0.3) is 0 Å². The molecule has 2 fully saturated rings. The molecule has 2 aliphatic rings. The number of benzene rings is 1. The van der Waals surface area contributed by atoms with Gasteiger partial charge >= 0.3 is 0 Å². The highest BCUT2D eigenvalue weighted by Gasteiger charge is 2.40. The summed E-state index contributed by atoms with van der Waals surface area (Å²) in [5.41, 5.74) is 0.407. The van der Waals surface area contributed by atoms with E-state index >= 15 is 0 Å². The van der Waals surface area contributed by atoms with Crippen LogP contribution in [0.5, 0.6) is 11.5 Å². The van der Waals surface area contributed by atoms with Gasteiger partial charge in [-0.15, -0.1) is 0 Å². The van der Waals surface area contributed by atoms with E-state index in [9.17, 15) is 21.6 Å². The fraction of sp³-hybridized carbons (Fsp3) is 0.611. The van der Waals surface area contributed by atoms with E-state index < -0.39 is 19.7 Å². The molecule has 0 unspecified atom stereocenters. The van der Waals surface area contributed by atoms with Crippen LogP contribution in [-0.4, -0.2) is 83.4 Å². The van der Waals surface area contributed by atoms with Crippen molar-refractivity contribution < 1.29 is 31.1 Å². The fourth-order valence-corrected chi connectivity index (χ4v) is 7.38. The lowest BCUT2D eigenvalue weighted by molar-refractivity contribution is 0.0850. The van der Waals surface area contributed by atoms with Crippen LogP contribution in [0.3, 0.4) is 0 Å². The number of rotatable bonds is 7. The Bertz CT molecular complexity index is 912. The Hall–Kier alpha value is -1.65. The molecule has 156 valence electrons. The van der Waals surface area contributed by atoms with Gasteiger partial charge in [0, 0.05) is 17.6 Å². The van der Waals surface area contributed by atoms with Gasteiger partial charge in [0.2, 0.25) is 0 Å². The predicted octanol–water partition coefficient (Wildman–Crippen LogP) is 0.563. The average molecular weight is 432 g/mol. The van der Waals surface area contributed by atoms with Crippen LogP contribution in [0.2, 0.25) is 0 Å². The topological polar surface area (TPSA) is 107 Å². The van der Waals surface area contributed by atoms with E-state index in [1.54, 1.807) is 23.1 Å². The van der Waals surface area contributed by atoms with Crippen LogP contribution in [-0.2, 0) is 19.7 Å². The average Bonchev–Trinajstić information content (AvgIpc) is 3.19. The summed E-state index contributed by atoms with van der Waals surface area (Å²) in [6.07, 6.45) is 0.830. The second kappa shape index (κ2) is 8.00. The molecule has 0 aromatic heterocycles. The molecule has 2 heterocycles. The summed E-state index contributed by atoms with van der Waals surface area (Å²) in [4.78, 5) is 14.7. The highest BCUT2D eigenvalue weighted by Crippen LogP contribution is 2.29. The van der Waals surface area contributed by atoms with Crippen LogP contribution in [0.15, 0.2) is 18.2 Å². The van der Waals surface area contributed by atoms with Gasteiger partial charge in [-0.25, -0.2) is 16.8 Å². The summed E-state index contributed by atoms with van der Waals surface area (Å²) < 4.78 is 58.2. The third-order valence-corrected chi connectivity index (χ3v) is 8.89. The molecule has 2 aliphatic heterocycles. The van der Waals surface area contributed by atoms with E-state index in [1.807, 2.05) is 0 Å². The Morgan fingerprint density at radius 2 is 1.50 bits per heavy atom. The number of hydrogen-bond acceptors (Lipinski definition) is 8. The van der Waals surface area contributed by atoms with Crippen molar-refractivity contribution >= 4 is 25.5 Å². The molecular formula is C18H25NO7S2. The molecule has 3 rings (SSSR count). The van der Waals surface area contributed by atoms with Crippen LogP contribution in [0.4, 0.5) is 0 Å². The molecule has 28 heavy (non-hydrogen) atoms. The summed E-state index contributed by atoms with van der Waals surface area (Å²) >= 11 is 0. The Morgan fingerprint density at radius 1 is 0.964 bits per heavy atom. The van der Waals surface area contributed by atoms with Crippen LogP contribution >= 0.6 is 0 Å². The highest BCUT2D eigenvalue weighted by molar-refractivity contribution is 7.92. The fourth-order valence-electron chi connectivity index (χ4n) is 3.90. The number of ketones is 1. The number of carbonyl (C=O) groups is 1. The Kier molecular flexibility index (Phi) is 6.02. The molecule has 10 heteroatoms. The molecule has 0 radical (unpaired) electrons. The minimum Gasteiger partial charge on any atom is -0.493 e. The van der Waals surface area contributed by atoms with Crippen molar-refractivity contribution in [3.63, 3.8) is 0 Å². The number of Topliss-reactive ketones (excluding diaryl/α,β-unsaturated/α-hetero) is 1. The Balaban J connectivity index is 1.84. The van der Waals surface area contributed by atoms with Gasteiger partial charge in [-0.1, -0.05) is 0 Å². The van der Waals surface area contributed by atoms with E-state index in [4.69, 9.17) is 9.47 Å². The first-order valence-electron chi connectivity index (χ1n) is 9.06. The highest BCUT2D eigenvalue weighted by atomic mass is 32.2. The van der Waals surface area contributed by atoms with Gasteiger partial charge in [-0.05, 0) is 31.0 Å². The van der Waals surface area contributed by atoms with E-state index in [0.29, 0.717) is 29.9 Å². The minimum absolute atomic E-state index is 0.0319. The molecule has 0 aliphatic carbocycles. The third-order valence-electron chi connectivity index (χ3n) is 5.39. The summed E-state index contributed by atoms with van der Waals surface area (Å²) in [5, 5.41) is 0. The lowest BCUT2D eigenvalue weighted by Gasteiger charge is -2.32. The van der Waals surface area contributed by atoms with Crippen molar-refractivity contribution in [2.24, 2.45) is 0 Å². The maximum absolute atomic E-state index is 12.9. The number of nitrogens with zero attached hydrogens (tertiary/aromatic N) is 1. The molecule has 2 atom stereocenters. The van der Waals surface area contributed by atoms with E-state index in [-0.39, 0.29) is 47.4 Å². The van der Waals surface area contributed by atoms with Crippen LogP contribution in [0.25, 0.3) is 0 Å². The molecular weight excluding hydrogens is 406 g/mol. The molecule has 0 saturated carbocycles. The zero-order chi connectivity index (χ0) is 20.5. The van der Waals surface area contributed by atoms with Gasteiger partial charge < -0.3 is 9.47 Å². The number of carbonyl (C=O) groups excluding carboxylic acids is 1. The van der Waals surface area contributed by atoms with Gasteiger partial charge in [0.05, 0.1) is 43.8 Å². The lowest BCUT2D eigenvalue weighted by Crippen LogP contribution is -2.47. The quantitative estimate of drug-likeness (QED) is 0.577. The largest absolute Gasteiger partial charge is 0.493 e. The standard InChI is InChI=1S/C18H25NO7S2/c1-25-17-4-3-13(9-18(17)26-2)16(20)10-19(14-5-7-27(21,22)11-14)15-6-8-28(23,24)12-15/h3-4,9,14-15H,5-8,10-12H2,1-2H3/t14-,15-/m1/s1. The molecule has 2 saturated heterocycles. The van der Waals surface area contributed by atoms with Gasteiger partial charge in [-0.2, -0.15) is 0 Å². The molecule has 0 amide bonds. The van der Waals surface area contributed by atoms with Crippen molar-refractivity contribution in [3.8, 4) is 11.5 Å². The molecule has 1 aromatic rings. The number of sulfone groups is 2. The van der Waals surface area contributed by atoms with E-state index in [0.717, 1.165) is 0 Å². The first-order valence-corrected chi connectivity index (χ1v) is 12.7. The normalized spacial score (nSPS) is 25.7. The predicted molar refractivity (Wildman–Crippen MR) is 105 cm³/mol. The van der Waals surface area contributed by atoms with Crippen molar-refractivity contribution in [2.45, 2.75) is 24.9 Å². The SMILES string of the molecule is COc1ccc(C(=O)CN([C@@H]2CCS(=O)(=O)C2)[C@@H]2CCS(=O)(=O)C2)cc1OC. The third kappa shape index (κ3) is 4.66. The summed E-state index contributed by atoms with van der Waals surface area (Å²) in [6, 6.07) is 4.16. The van der Waals surface area contributed by atoms with Gasteiger partial charge in [0.1, 0.15) is 0 Å². The smallest absolute Gasteiger partial charge is 0.176 e. The van der Waals surface area contributed by atoms with Crippen molar-refractivity contribution in [3.05, 3.63) is 23.8 Å². The summed E-state index contributed by atoms with van der Waals surface area (Å²) in [6.45, 7) is -0.0319. The summed E-state index contributed by atoms with van der Waals surface area (Å²) in [5.74, 6) is 0.767. The van der Waals surface area contributed by atoms with E-state index in [1.165, 1.54) is 14.2 Å². The van der Waals surface area contributed by atoms with Gasteiger partial charge in [-0.3, -0.25) is 9.69 Å². The van der Waals surface area contributed by atoms with Crippen LogP contribution < -0.4 is 9.47 Å².